The van der Waals surface area contributed by atoms with Crippen molar-refractivity contribution >= 4 is 23.4 Å². The number of hydrogen-bond acceptors (Lipinski definition) is 4. The zero-order valence-electron chi connectivity index (χ0n) is 20.6. The molecule has 0 spiro atoms. The number of methoxy groups -OCH3 is 2. The van der Waals surface area contributed by atoms with Crippen LogP contribution in [0.15, 0.2) is 46.8 Å². The molecule has 3 rings (SSSR count). The Kier molecular flexibility index (Phi) is 6.77. The lowest BCUT2D eigenvalue weighted by molar-refractivity contribution is 0.237. The molecule has 0 saturated heterocycles. The molecule has 6 nitrogen and oxygen atoms in total. The molecule has 2 aromatic rings. The maximum Gasteiger partial charge on any atom is 0.308 e. The molecule has 1 aliphatic rings. The van der Waals surface area contributed by atoms with Crippen LogP contribution >= 0.6 is 0 Å². The van der Waals surface area contributed by atoms with Crippen LogP contribution in [0.5, 0.6) is 5.75 Å². The monoisotopic (exact) mass is 447 g/mol. The van der Waals surface area contributed by atoms with Crippen molar-refractivity contribution < 1.29 is 9.47 Å². The highest BCUT2D eigenvalue weighted by atomic mass is 16.5. The summed E-state index contributed by atoms with van der Waals surface area (Å²) in [6.07, 6.45) is 6.30. The summed E-state index contributed by atoms with van der Waals surface area (Å²) in [5, 5.41) is 7.64. The van der Waals surface area contributed by atoms with E-state index >= 15 is 0 Å². The zero-order valence-corrected chi connectivity index (χ0v) is 20.6. The zero-order chi connectivity index (χ0) is 24.5. The highest BCUT2D eigenvalue weighted by molar-refractivity contribution is 6.13. The van der Waals surface area contributed by atoms with E-state index in [0.717, 1.165) is 40.0 Å². The molecule has 0 radical (unpaired) electrons. The lowest BCUT2D eigenvalue weighted by Gasteiger charge is -2.39. The first-order valence-electron chi connectivity index (χ1n) is 11.0. The molecule has 1 atom stereocenters. The van der Waals surface area contributed by atoms with Gasteiger partial charge in [0, 0.05) is 41.2 Å². The Morgan fingerprint density at radius 2 is 1.94 bits per heavy atom. The van der Waals surface area contributed by atoms with Crippen molar-refractivity contribution in [2.45, 2.75) is 47.1 Å². The van der Waals surface area contributed by atoms with E-state index in [1.165, 1.54) is 7.11 Å². The number of benzene rings is 1. The number of aromatic nitrogens is 1. The van der Waals surface area contributed by atoms with Crippen molar-refractivity contribution in [2.75, 3.05) is 14.2 Å². The van der Waals surface area contributed by atoms with Gasteiger partial charge >= 0.3 is 6.02 Å². The number of hydrogen-bond donors (Lipinski definition) is 1. The van der Waals surface area contributed by atoms with E-state index in [1.54, 1.807) is 19.4 Å². The highest BCUT2D eigenvalue weighted by Gasteiger charge is 2.33. The SMILES string of the molecule is C=C(C)c1cn2c(cc1=O)-c1cc(OC)c(C(/C=N\C(=N)OC)=C/C)cc1CC2C(C)(C)C. The van der Waals surface area contributed by atoms with E-state index in [-0.39, 0.29) is 22.9 Å². The minimum absolute atomic E-state index is 0.0309. The molecule has 0 saturated carbocycles. The van der Waals surface area contributed by atoms with Crippen molar-refractivity contribution in [2.24, 2.45) is 10.4 Å². The second kappa shape index (κ2) is 9.22. The number of nitrogens with zero attached hydrogens (tertiary/aromatic N) is 2. The van der Waals surface area contributed by atoms with Gasteiger partial charge in [-0.3, -0.25) is 4.79 Å². The summed E-state index contributed by atoms with van der Waals surface area (Å²) in [5.41, 5.74) is 6.06. The molecule has 1 aromatic carbocycles. The molecule has 0 fully saturated rings. The third-order valence-electron chi connectivity index (χ3n) is 6.13. The first-order valence-corrected chi connectivity index (χ1v) is 11.0. The molecule has 1 aromatic heterocycles. The van der Waals surface area contributed by atoms with Gasteiger partial charge < -0.3 is 14.0 Å². The van der Waals surface area contributed by atoms with Crippen LogP contribution < -0.4 is 10.2 Å². The summed E-state index contributed by atoms with van der Waals surface area (Å²) in [6, 6.07) is 5.82. The summed E-state index contributed by atoms with van der Waals surface area (Å²) < 4.78 is 12.8. The quantitative estimate of drug-likeness (QED) is 0.478. The number of rotatable bonds is 4. The highest BCUT2D eigenvalue weighted by Crippen LogP contribution is 2.45. The smallest absolute Gasteiger partial charge is 0.308 e. The minimum Gasteiger partial charge on any atom is -0.496 e. The van der Waals surface area contributed by atoms with Crippen LogP contribution in [0.2, 0.25) is 0 Å². The number of ether oxygens (including phenoxy) is 2. The fraction of sp³-hybridized carbons (Fsp3) is 0.370. The lowest BCUT2D eigenvalue weighted by atomic mass is 9.78. The van der Waals surface area contributed by atoms with Crippen molar-refractivity contribution in [3.63, 3.8) is 0 Å². The van der Waals surface area contributed by atoms with E-state index in [9.17, 15) is 4.79 Å². The third kappa shape index (κ3) is 4.70. The standard InChI is InChI=1S/C27H33N3O3/c1-9-17(14-29-26(28)33-8)20-10-18-11-25(27(4,5)6)30-15-21(16(2)3)23(31)13-22(30)19(18)12-24(20)32-7/h9-10,12-15,25,28H,2,11H2,1,3-8H3/b17-9+,28-26?,29-14-. The predicted molar refractivity (Wildman–Crippen MR) is 136 cm³/mol. The molecule has 174 valence electrons. The molecule has 0 aliphatic carbocycles. The Hall–Kier alpha value is -3.41. The van der Waals surface area contributed by atoms with Crippen LogP contribution in [-0.2, 0) is 11.2 Å². The van der Waals surface area contributed by atoms with Crippen molar-refractivity contribution in [1.82, 2.24) is 4.57 Å². The van der Waals surface area contributed by atoms with Gasteiger partial charge in [-0.25, -0.2) is 10.4 Å². The van der Waals surface area contributed by atoms with Gasteiger partial charge in [0.1, 0.15) is 5.75 Å². The molecule has 6 heteroatoms. The Morgan fingerprint density at radius 1 is 1.24 bits per heavy atom. The van der Waals surface area contributed by atoms with Gasteiger partial charge in [-0.2, -0.15) is 0 Å². The number of fused-ring (bicyclic) bond motifs is 3. The molecule has 1 unspecified atom stereocenters. The first kappa shape index (κ1) is 24.2. The average molecular weight is 448 g/mol. The Bertz CT molecular complexity index is 1230. The normalized spacial score (nSPS) is 15.7. The topological polar surface area (TPSA) is 76.7 Å². The minimum atomic E-state index is -0.166. The fourth-order valence-electron chi connectivity index (χ4n) is 4.28. The number of aliphatic imine (C=N–C) groups is 1. The number of amidine groups is 1. The van der Waals surface area contributed by atoms with E-state index in [0.29, 0.717) is 11.3 Å². The first-order chi connectivity index (χ1) is 15.5. The van der Waals surface area contributed by atoms with Crippen LogP contribution in [0.25, 0.3) is 22.4 Å². The van der Waals surface area contributed by atoms with Crippen molar-refractivity contribution in [1.29, 1.82) is 5.41 Å². The van der Waals surface area contributed by atoms with Crippen molar-refractivity contribution in [3.8, 4) is 17.0 Å². The van der Waals surface area contributed by atoms with Gasteiger partial charge in [-0.1, -0.05) is 33.4 Å². The number of nitrogens with one attached hydrogen (secondary N) is 1. The summed E-state index contributed by atoms with van der Waals surface area (Å²) >= 11 is 0. The van der Waals surface area contributed by atoms with Crippen molar-refractivity contribution in [3.05, 3.63) is 64.0 Å². The molecule has 2 heterocycles. The van der Waals surface area contributed by atoms with E-state index in [1.807, 2.05) is 32.2 Å². The van der Waals surface area contributed by atoms with Gasteiger partial charge in [-0.05, 0) is 54.5 Å². The molecule has 0 bridgehead atoms. The molecule has 33 heavy (non-hydrogen) atoms. The second-order valence-electron chi connectivity index (χ2n) is 9.43. The summed E-state index contributed by atoms with van der Waals surface area (Å²) in [7, 11) is 3.05. The molecule has 0 amide bonds. The second-order valence-corrected chi connectivity index (χ2v) is 9.43. The Morgan fingerprint density at radius 3 is 2.48 bits per heavy atom. The van der Waals surface area contributed by atoms with Gasteiger partial charge in [0.2, 0.25) is 0 Å². The van der Waals surface area contributed by atoms with Gasteiger partial charge in [0.05, 0.1) is 19.9 Å². The predicted octanol–water partition coefficient (Wildman–Crippen LogP) is 5.76. The van der Waals surface area contributed by atoms with Crippen LogP contribution in [0.4, 0.5) is 0 Å². The number of allylic oxidation sites excluding steroid dienone is 3. The summed E-state index contributed by atoms with van der Waals surface area (Å²) in [5.74, 6) is 0.675. The maximum atomic E-state index is 12.9. The molecular weight excluding hydrogens is 414 g/mol. The van der Waals surface area contributed by atoms with Gasteiger partial charge in [0.15, 0.2) is 5.43 Å². The van der Waals surface area contributed by atoms with Crippen LogP contribution in [0.3, 0.4) is 0 Å². The van der Waals surface area contributed by atoms with Crippen LogP contribution in [-0.4, -0.2) is 31.0 Å². The number of pyridine rings is 1. The molecular formula is C27H33N3O3. The Labute approximate surface area is 195 Å². The molecule has 1 aliphatic heterocycles. The molecule has 1 N–H and O–H groups in total. The third-order valence-corrected chi connectivity index (χ3v) is 6.13. The average Bonchev–Trinajstić information content (AvgIpc) is 2.76. The van der Waals surface area contributed by atoms with Crippen LogP contribution in [0.1, 0.15) is 57.4 Å². The largest absolute Gasteiger partial charge is 0.496 e. The Balaban J connectivity index is 2.27. The summed E-state index contributed by atoms with van der Waals surface area (Å²) in [6.45, 7) is 14.4. The lowest BCUT2D eigenvalue weighted by Crippen LogP contribution is -2.32. The van der Waals surface area contributed by atoms with E-state index in [2.05, 4.69) is 43.0 Å². The van der Waals surface area contributed by atoms with E-state index in [4.69, 9.17) is 14.9 Å². The van der Waals surface area contributed by atoms with Gasteiger partial charge in [0.25, 0.3) is 0 Å². The van der Waals surface area contributed by atoms with Crippen LogP contribution in [0, 0.1) is 10.8 Å². The fourth-order valence-corrected chi connectivity index (χ4v) is 4.28. The van der Waals surface area contributed by atoms with E-state index < -0.39 is 0 Å². The maximum absolute atomic E-state index is 12.9. The summed E-state index contributed by atoms with van der Waals surface area (Å²) in [4.78, 5) is 17.0. The van der Waals surface area contributed by atoms with Gasteiger partial charge in [-0.15, -0.1) is 0 Å².